The van der Waals surface area contributed by atoms with E-state index < -0.39 is 11.7 Å². The van der Waals surface area contributed by atoms with Gasteiger partial charge < -0.3 is 9.84 Å². The zero-order valence-electron chi connectivity index (χ0n) is 10.9. The Balaban J connectivity index is 3.74. The van der Waals surface area contributed by atoms with Gasteiger partial charge in [-0.05, 0) is 25.7 Å². The number of unbranched alkanes of at least 4 members (excludes halogenated alkanes) is 2. The zero-order valence-corrected chi connectivity index (χ0v) is 11.7. The lowest BCUT2D eigenvalue weighted by atomic mass is 9.97. The van der Waals surface area contributed by atoms with Crippen LogP contribution >= 0.6 is 11.6 Å². The molecule has 16 heavy (non-hydrogen) atoms. The van der Waals surface area contributed by atoms with E-state index in [0.717, 1.165) is 0 Å². The smallest absolute Gasteiger partial charge is 0.156 e. The molecule has 0 rings (SSSR count). The maximum absolute atomic E-state index is 9.22. The third-order valence-electron chi connectivity index (χ3n) is 2.78. The Hall–Kier alpha value is 0.210. The lowest BCUT2D eigenvalue weighted by Gasteiger charge is -2.20. The molecule has 0 spiro atoms. The van der Waals surface area contributed by atoms with Gasteiger partial charge in [0.1, 0.15) is 0 Å². The Morgan fingerprint density at radius 1 is 1.12 bits per heavy atom. The van der Waals surface area contributed by atoms with E-state index in [9.17, 15) is 5.11 Å². The highest BCUT2D eigenvalue weighted by Gasteiger charge is 2.15. The van der Waals surface area contributed by atoms with Gasteiger partial charge in [-0.15, -0.1) is 0 Å². The summed E-state index contributed by atoms with van der Waals surface area (Å²) in [7, 11) is 0. The number of aliphatic hydroxyl groups excluding tert-OH is 1. The van der Waals surface area contributed by atoms with Gasteiger partial charge in [0.15, 0.2) is 5.56 Å². The topological polar surface area (TPSA) is 29.5 Å². The van der Waals surface area contributed by atoms with Crippen LogP contribution < -0.4 is 0 Å². The molecular weight excluding hydrogens is 224 g/mol. The number of ether oxygens (including phenoxy) is 1. The molecule has 3 unspecified atom stereocenters. The van der Waals surface area contributed by atoms with E-state index in [0.29, 0.717) is 12.5 Å². The molecule has 3 atom stereocenters. The van der Waals surface area contributed by atoms with Crippen molar-refractivity contribution in [2.75, 3.05) is 6.61 Å². The molecule has 0 amide bonds. The highest BCUT2D eigenvalue weighted by Crippen LogP contribution is 2.18. The van der Waals surface area contributed by atoms with Crippen molar-refractivity contribution in [3.8, 4) is 0 Å². The lowest BCUT2D eigenvalue weighted by molar-refractivity contribution is 0.000340. The summed E-state index contributed by atoms with van der Waals surface area (Å²) in [4.78, 5) is 0. The minimum Gasteiger partial charge on any atom is -0.389 e. The molecular formula is C13H27ClO2. The molecule has 0 aliphatic rings. The Morgan fingerprint density at radius 2 is 1.81 bits per heavy atom. The molecule has 0 aliphatic carbocycles. The van der Waals surface area contributed by atoms with Crippen LogP contribution in [0.2, 0.25) is 0 Å². The summed E-state index contributed by atoms with van der Waals surface area (Å²) in [5.41, 5.74) is -0.564. The Morgan fingerprint density at radius 3 is 2.31 bits per heavy atom. The van der Waals surface area contributed by atoms with Gasteiger partial charge >= 0.3 is 0 Å². The van der Waals surface area contributed by atoms with E-state index in [1.54, 1.807) is 6.92 Å². The summed E-state index contributed by atoms with van der Waals surface area (Å²) in [6.07, 6.45) is 6.80. The van der Waals surface area contributed by atoms with Gasteiger partial charge in [0.25, 0.3) is 0 Å². The van der Waals surface area contributed by atoms with E-state index in [1.807, 2.05) is 0 Å². The molecule has 0 aliphatic heterocycles. The van der Waals surface area contributed by atoms with Crippen molar-refractivity contribution in [2.45, 2.75) is 71.0 Å². The van der Waals surface area contributed by atoms with Crippen LogP contribution in [0.15, 0.2) is 0 Å². The summed E-state index contributed by atoms with van der Waals surface area (Å²) < 4.78 is 5.46. The molecule has 0 saturated heterocycles. The van der Waals surface area contributed by atoms with Crippen molar-refractivity contribution >= 4 is 11.6 Å². The predicted octanol–water partition coefficient (Wildman–Crippen LogP) is 3.95. The number of rotatable bonds is 10. The van der Waals surface area contributed by atoms with Crippen LogP contribution in [0.25, 0.3) is 0 Å². The Labute approximate surface area is 105 Å². The molecule has 0 heterocycles. The molecule has 0 aromatic carbocycles. The van der Waals surface area contributed by atoms with Crippen LogP contribution in [-0.4, -0.2) is 23.4 Å². The molecule has 3 heteroatoms. The average molecular weight is 251 g/mol. The largest absolute Gasteiger partial charge is 0.389 e. The summed E-state index contributed by atoms with van der Waals surface area (Å²) in [5.74, 6) is 0.594. The van der Waals surface area contributed by atoms with Gasteiger partial charge in [0, 0.05) is 0 Å². The van der Waals surface area contributed by atoms with Gasteiger partial charge in [-0.25, -0.2) is 0 Å². The van der Waals surface area contributed by atoms with Crippen LogP contribution in [0.5, 0.6) is 0 Å². The maximum atomic E-state index is 9.22. The Bertz CT molecular complexity index is 151. The molecule has 2 nitrogen and oxygen atoms in total. The third kappa shape index (κ3) is 8.37. The number of alkyl halides is 1. The predicted molar refractivity (Wildman–Crippen MR) is 69.8 cm³/mol. The molecule has 0 fully saturated rings. The van der Waals surface area contributed by atoms with E-state index in [-0.39, 0.29) is 0 Å². The van der Waals surface area contributed by atoms with Gasteiger partial charge in [0.2, 0.25) is 0 Å². The maximum Gasteiger partial charge on any atom is 0.156 e. The van der Waals surface area contributed by atoms with E-state index >= 15 is 0 Å². The fourth-order valence-electron chi connectivity index (χ4n) is 1.77. The average Bonchev–Trinajstić information content (AvgIpc) is 2.25. The first-order valence-electron chi connectivity index (χ1n) is 6.55. The summed E-state index contributed by atoms with van der Waals surface area (Å²) >= 11 is 5.85. The minimum atomic E-state index is -0.598. The van der Waals surface area contributed by atoms with E-state index in [2.05, 4.69) is 13.8 Å². The summed E-state index contributed by atoms with van der Waals surface area (Å²) in [5, 5.41) is 9.22. The van der Waals surface area contributed by atoms with Crippen LogP contribution in [0.1, 0.15) is 59.3 Å². The SMILES string of the molecule is CCCCCC(CCC)COC(Cl)C(C)O. The van der Waals surface area contributed by atoms with Crippen LogP contribution in [0.3, 0.4) is 0 Å². The molecule has 0 bridgehead atoms. The molecule has 0 radical (unpaired) electrons. The molecule has 0 aromatic rings. The molecule has 0 saturated carbocycles. The fraction of sp³-hybridized carbons (Fsp3) is 1.00. The number of halogens is 1. The van der Waals surface area contributed by atoms with Crippen molar-refractivity contribution in [1.82, 2.24) is 0 Å². The number of hydrogen-bond acceptors (Lipinski definition) is 2. The fourth-order valence-corrected chi connectivity index (χ4v) is 1.84. The highest BCUT2D eigenvalue weighted by atomic mass is 35.5. The number of aliphatic hydroxyl groups is 1. The van der Waals surface area contributed by atoms with Crippen molar-refractivity contribution in [3.63, 3.8) is 0 Å². The normalized spacial score (nSPS) is 17.1. The van der Waals surface area contributed by atoms with Gasteiger partial charge in [-0.3, -0.25) is 0 Å². The highest BCUT2D eigenvalue weighted by molar-refractivity contribution is 6.20. The van der Waals surface area contributed by atoms with Gasteiger partial charge in [-0.2, -0.15) is 0 Å². The van der Waals surface area contributed by atoms with E-state index in [4.69, 9.17) is 16.3 Å². The van der Waals surface area contributed by atoms with Gasteiger partial charge in [0.05, 0.1) is 12.7 Å². The number of hydrogen-bond donors (Lipinski definition) is 1. The molecule has 1 N–H and O–H groups in total. The Kier molecular flexibility index (Phi) is 10.5. The van der Waals surface area contributed by atoms with Crippen LogP contribution in [-0.2, 0) is 4.74 Å². The molecule has 0 aromatic heterocycles. The van der Waals surface area contributed by atoms with E-state index in [1.165, 1.54) is 38.5 Å². The first-order valence-corrected chi connectivity index (χ1v) is 6.99. The first-order chi connectivity index (χ1) is 7.61. The second kappa shape index (κ2) is 10.4. The van der Waals surface area contributed by atoms with Crippen molar-refractivity contribution in [3.05, 3.63) is 0 Å². The lowest BCUT2D eigenvalue weighted by Crippen LogP contribution is -2.23. The summed E-state index contributed by atoms with van der Waals surface area (Å²) in [6.45, 7) is 6.74. The van der Waals surface area contributed by atoms with Gasteiger partial charge in [-0.1, -0.05) is 51.1 Å². The second-order valence-electron chi connectivity index (χ2n) is 4.58. The van der Waals surface area contributed by atoms with Crippen molar-refractivity contribution in [1.29, 1.82) is 0 Å². The summed E-state index contributed by atoms with van der Waals surface area (Å²) in [6, 6.07) is 0. The zero-order chi connectivity index (χ0) is 12.4. The third-order valence-corrected chi connectivity index (χ3v) is 3.27. The van der Waals surface area contributed by atoms with Crippen molar-refractivity contribution < 1.29 is 9.84 Å². The minimum absolute atomic E-state index is 0.564. The monoisotopic (exact) mass is 250 g/mol. The molecule has 98 valence electrons. The quantitative estimate of drug-likeness (QED) is 0.470. The first kappa shape index (κ1) is 16.2. The van der Waals surface area contributed by atoms with Crippen LogP contribution in [0, 0.1) is 5.92 Å². The van der Waals surface area contributed by atoms with Crippen molar-refractivity contribution in [2.24, 2.45) is 5.92 Å². The standard InChI is InChI=1S/C13H27ClO2/c1-4-6-7-9-12(8-5-2)10-16-13(14)11(3)15/h11-13,15H,4-10H2,1-3H3. The van der Waals surface area contributed by atoms with Crippen LogP contribution in [0.4, 0.5) is 0 Å². The second-order valence-corrected chi connectivity index (χ2v) is 5.01.